The molecule has 1 aromatic carbocycles. The third kappa shape index (κ3) is 3.45. The molecule has 1 N–H and O–H groups in total. The Bertz CT molecular complexity index is 559. The SMILES string of the molecule is Cc1ccc(C(C)(C)C(=O)NCCc2nccs2)cc1. The number of aromatic nitrogens is 1. The summed E-state index contributed by atoms with van der Waals surface area (Å²) in [7, 11) is 0. The maximum absolute atomic E-state index is 12.4. The molecule has 0 fully saturated rings. The highest BCUT2D eigenvalue weighted by atomic mass is 32.1. The Morgan fingerprint density at radius 1 is 1.30 bits per heavy atom. The number of rotatable bonds is 5. The van der Waals surface area contributed by atoms with Gasteiger partial charge in [0.15, 0.2) is 0 Å². The van der Waals surface area contributed by atoms with Gasteiger partial charge in [-0.25, -0.2) is 4.98 Å². The zero-order valence-electron chi connectivity index (χ0n) is 12.1. The van der Waals surface area contributed by atoms with E-state index < -0.39 is 5.41 Å². The van der Waals surface area contributed by atoms with Crippen molar-refractivity contribution in [2.24, 2.45) is 0 Å². The van der Waals surface area contributed by atoms with Gasteiger partial charge in [-0.2, -0.15) is 0 Å². The molecule has 0 atom stereocenters. The molecule has 0 unspecified atom stereocenters. The van der Waals surface area contributed by atoms with E-state index in [2.05, 4.69) is 10.3 Å². The number of amides is 1. The van der Waals surface area contributed by atoms with Crippen LogP contribution in [0.3, 0.4) is 0 Å². The molecule has 1 aromatic heterocycles. The van der Waals surface area contributed by atoms with Crippen molar-refractivity contribution in [3.05, 3.63) is 52.0 Å². The maximum atomic E-state index is 12.4. The van der Waals surface area contributed by atoms with Gasteiger partial charge in [0.2, 0.25) is 5.91 Å². The van der Waals surface area contributed by atoms with Gasteiger partial charge in [0.25, 0.3) is 0 Å². The molecule has 1 amide bonds. The van der Waals surface area contributed by atoms with Crippen LogP contribution in [-0.2, 0) is 16.6 Å². The van der Waals surface area contributed by atoms with Crippen LogP contribution in [0.5, 0.6) is 0 Å². The van der Waals surface area contributed by atoms with Crippen LogP contribution in [0.15, 0.2) is 35.8 Å². The molecule has 0 saturated carbocycles. The van der Waals surface area contributed by atoms with Gasteiger partial charge < -0.3 is 5.32 Å². The lowest BCUT2D eigenvalue weighted by Gasteiger charge is -2.24. The van der Waals surface area contributed by atoms with Crippen molar-refractivity contribution in [3.8, 4) is 0 Å². The van der Waals surface area contributed by atoms with Crippen molar-refractivity contribution in [2.45, 2.75) is 32.6 Å². The zero-order chi connectivity index (χ0) is 14.6. The van der Waals surface area contributed by atoms with Crippen molar-refractivity contribution in [3.63, 3.8) is 0 Å². The van der Waals surface area contributed by atoms with Crippen molar-refractivity contribution >= 4 is 17.2 Å². The fourth-order valence-corrected chi connectivity index (χ4v) is 2.60. The highest BCUT2D eigenvalue weighted by Crippen LogP contribution is 2.23. The number of nitrogens with zero attached hydrogens (tertiary/aromatic N) is 1. The van der Waals surface area contributed by atoms with E-state index in [0.717, 1.165) is 17.0 Å². The molecule has 2 aromatic rings. The van der Waals surface area contributed by atoms with Crippen LogP contribution in [0.25, 0.3) is 0 Å². The number of carbonyl (C=O) groups is 1. The van der Waals surface area contributed by atoms with Crippen LogP contribution in [0.2, 0.25) is 0 Å². The van der Waals surface area contributed by atoms with Crippen LogP contribution in [0, 0.1) is 6.92 Å². The van der Waals surface area contributed by atoms with Crippen molar-refractivity contribution in [1.29, 1.82) is 0 Å². The molecular weight excluding hydrogens is 268 g/mol. The second kappa shape index (κ2) is 6.18. The van der Waals surface area contributed by atoms with E-state index in [1.165, 1.54) is 5.56 Å². The summed E-state index contributed by atoms with van der Waals surface area (Å²) in [6.07, 6.45) is 2.57. The molecule has 0 aliphatic carbocycles. The van der Waals surface area contributed by atoms with Gasteiger partial charge in [-0.15, -0.1) is 11.3 Å². The molecule has 4 heteroatoms. The van der Waals surface area contributed by atoms with Crippen LogP contribution >= 0.6 is 11.3 Å². The van der Waals surface area contributed by atoms with Gasteiger partial charge >= 0.3 is 0 Å². The normalized spacial score (nSPS) is 11.3. The van der Waals surface area contributed by atoms with Crippen LogP contribution in [-0.4, -0.2) is 17.4 Å². The molecular formula is C16H20N2OS. The molecule has 106 valence electrons. The summed E-state index contributed by atoms with van der Waals surface area (Å²) in [6.45, 7) is 6.58. The number of thiazole rings is 1. The Hall–Kier alpha value is -1.68. The van der Waals surface area contributed by atoms with Crippen molar-refractivity contribution in [1.82, 2.24) is 10.3 Å². The Labute approximate surface area is 124 Å². The van der Waals surface area contributed by atoms with Crippen LogP contribution in [0.4, 0.5) is 0 Å². The number of aryl methyl sites for hydroxylation is 1. The van der Waals surface area contributed by atoms with E-state index in [4.69, 9.17) is 0 Å². The molecule has 0 aliphatic heterocycles. The molecule has 0 saturated heterocycles. The van der Waals surface area contributed by atoms with E-state index in [9.17, 15) is 4.79 Å². The van der Waals surface area contributed by atoms with Gasteiger partial charge in [0.05, 0.1) is 10.4 Å². The van der Waals surface area contributed by atoms with Gasteiger partial charge in [0.1, 0.15) is 0 Å². The predicted molar refractivity (Wildman–Crippen MR) is 83.0 cm³/mol. The van der Waals surface area contributed by atoms with Gasteiger partial charge in [-0.3, -0.25) is 4.79 Å². The predicted octanol–water partition coefficient (Wildman–Crippen LogP) is 3.09. The molecule has 0 radical (unpaired) electrons. The number of benzene rings is 1. The minimum atomic E-state index is -0.517. The largest absolute Gasteiger partial charge is 0.355 e. The molecule has 3 nitrogen and oxygen atoms in total. The number of carbonyl (C=O) groups excluding carboxylic acids is 1. The van der Waals surface area contributed by atoms with E-state index in [0.29, 0.717) is 6.54 Å². The van der Waals surface area contributed by atoms with E-state index in [1.807, 2.05) is 50.4 Å². The molecule has 2 rings (SSSR count). The summed E-state index contributed by atoms with van der Waals surface area (Å²) < 4.78 is 0. The summed E-state index contributed by atoms with van der Waals surface area (Å²) in [5, 5.41) is 6.01. The monoisotopic (exact) mass is 288 g/mol. The second-order valence-electron chi connectivity index (χ2n) is 5.42. The van der Waals surface area contributed by atoms with E-state index in [1.54, 1.807) is 17.5 Å². The van der Waals surface area contributed by atoms with Crippen LogP contribution < -0.4 is 5.32 Å². The van der Waals surface area contributed by atoms with Gasteiger partial charge in [0, 0.05) is 24.5 Å². The summed E-state index contributed by atoms with van der Waals surface area (Å²) in [5.41, 5.74) is 1.72. The Kier molecular flexibility index (Phi) is 4.55. The molecule has 20 heavy (non-hydrogen) atoms. The standard InChI is InChI=1S/C16H20N2OS/c1-12-4-6-13(7-5-12)16(2,3)15(19)18-9-8-14-17-10-11-20-14/h4-7,10-11H,8-9H2,1-3H3,(H,18,19). The Balaban J connectivity index is 1.94. The average molecular weight is 288 g/mol. The first-order valence-corrected chi connectivity index (χ1v) is 7.62. The average Bonchev–Trinajstić information content (AvgIpc) is 2.92. The second-order valence-corrected chi connectivity index (χ2v) is 6.40. The Morgan fingerprint density at radius 3 is 2.60 bits per heavy atom. The third-order valence-electron chi connectivity index (χ3n) is 3.45. The Morgan fingerprint density at radius 2 is 2.00 bits per heavy atom. The lowest BCUT2D eigenvalue weighted by atomic mass is 9.83. The lowest BCUT2D eigenvalue weighted by Crippen LogP contribution is -2.40. The van der Waals surface area contributed by atoms with Crippen LogP contribution in [0.1, 0.15) is 30.0 Å². The minimum Gasteiger partial charge on any atom is -0.355 e. The first-order chi connectivity index (χ1) is 9.50. The molecule has 0 bridgehead atoms. The fourth-order valence-electron chi connectivity index (χ4n) is 1.98. The lowest BCUT2D eigenvalue weighted by molar-refractivity contribution is -0.125. The highest BCUT2D eigenvalue weighted by molar-refractivity contribution is 7.09. The van der Waals surface area contributed by atoms with Crippen molar-refractivity contribution < 1.29 is 4.79 Å². The minimum absolute atomic E-state index is 0.0536. The highest BCUT2D eigenvalue weighted by Gasteiger charge is 2.29. The quantitative estimate of drug-likeness (QED) is 0.918. The van der Waals surface area contributed by atoms with E-state index in [-0.39, 0.29) is 5.91 Å². The topological polar surface area (TPSA) is 42.0 Å². The first kappa shape index (κ1) is 14.7. The van der Waals surface area contributed by atoms with E-state index >= 15 is 0 Å². The molecule has 0 aliphatic rings. The zero-order valence-corrected chi connectivity index (χ0v) is 13.0. The number of nitrogens with one attached hydrogen (secondary N) is 1. The summed E-state index contributed by atoms with van der Waals surface area (Å²) >= 11 is 1.62. The maximum Gasteiger partial charge on any atom is 0.230 e. The molecule has 0 spiro atoms. The molecule has 1 heterocycles. The summed E-state index contributed by atoms with van der Waals surface area (Å²) in [6, 6.07) is 8.13. The van der Waals surface area contributed by atoms with Gasteiger partial charge in [-0.05, 0) is 26.3 Å². The first-order valence-electron chi connectivity index (χ1n) is 6.74. The summed E-state index contributed by atoms with van der Waals surface area (Å²) in [5.74, 6) is 0.0536. The summed E-state index contributed by atoms with van der Waals surface area (Å²) in [4.78, 5) is 16.6. The number of hydrogen-bond acceptors (Lipinski definition) is 3. The third-order valence-corrected chi connectivity index (χ3v) is 4.29. The fraction of sp³-hybridized carbons (Fsp3) is 0.375. The van der Waals surface area contributed by atoms with Gasteiger partial charge in [-0.1, -0.05) is 29.8 Å². The smallest absolute Gasteiger partial charge is 0.230 e. The van der Waals surface area contributed by atoms with Crippen molar-refractivity contribution in [2.75, 3.05) is 6.54 Å². The number of hydrogen-bond donors (Lipinski definition) is 1.